The second kappa shape index (κ2) is 8.70. The quantitative estimate of drug-likeness (QED) is 0.582. The van der Waals surface area contributed by atoms with Crippen molar-refractivity contribution >= 4 is 43.2 Å². The molecule has 0 aliphatic rings. The van der Waals surface area contributed by atoms with E-state index in [-0.39, 0.29) is 11.9 Å². The summed E-state index contributed by atoms with van der Waals surface area (Å²) in [6.45, 7) is 1.84. The van der Waals surface area contributed by atoms with Gasteiger partial charge in [0.25, 0.3) is 0 Å². The van der Waals surface area contributed by atoms with Gasteiger partial charge >= 0.3 is 0 Å². The molecule has 0 saturated carbocycles. The summed E-state index contributed by atoms with van der Waals surface area (Å²) in [4.78, 5) is 16.9. The topological polar surface area (TPSA) is 88.2 Å². The molecule has 0 radical (unpaired) electrons. The minimum Gasteiger partial charge on any atom is -0.350 e. The van der Waals surface area contributed by atoms with Crippen molar-refractivity contribution in [3.63, 3.8) is 0 Å². The highest BCUT2D eigenvalue weighted by Crippen LogP contribution is 2.24. The molecule has 0 fully saturated rings. The molecular formula is C20H23N3O3S2. The van der Waals surface area contributed by atoms with Crippen molar-refractivity contribution in [3.8, 4) is 0 Å². The second-order valence-corrected chi connectivity index (χ2v) is 9.54. The molecule has 6 nitrogen and oxygen atoms in total. The summed E-state index contributed by atoms with van der Waals surface area (Å²) in [7, 11) is -3.39. The van der Waals surface area contributed by atoms with Crippen LogP contribution in [0, 0.1) is 0 Å². The molecule has 0 aliphatic heterocycles. The third-order valence-electron chi connectivity index (χ3n) is 4.23. The van der Waals surface area contributed by atoms with Crippen LogP contribution < -0.4 is 10.0 Å². The maximum Gasteiger partial charge on any atom is 0.229 e. The Bertz CT molecular complexity index is 1040. The molecular weight excluding hydrogens is 394 g/mol. The van der Waals surface area contributed by atoms with Crippen LogP contribution in [-0.4, -0.2) is 25.6 Å². The van der Waals surface area contributed by atoms with Crippen LogP contribution in [0.2, 0.25) is 0 Å². The van der Waals surface area contributed by atoms with Crippen molar-refractivity contribution < 1.29 is 13.2 Å². The fourth-order valence-electron chi connectivity index (χ4n) is 2.99. The molecule has 1 atom stereocenters. The molecule has 8 heteroatoms. The van der Waals surface area contributed by atoms with Crippen LogP contribution in [0.3, 0.4) is 0 Å². The van der Waals surface area contributed by atoms with Crippen molar-refractivity contribution in [2.24, 2.45) is 0 Å². The first-order valence-corrected chi connectivity index (χ1v) is 11.7. The van der Waals surface area contributed by atoms with Crippen molar-refractivity contribution in [2.45, 2.75) is 32.2 Å². The van der Waals surface area contributed by atoms with Crippen LogP contribution in [0.4, 0.5) is 5.69 Å². The smallest absolute Gasteiger partial charge is 0.229 e. The number of thiazole rings is 1. The number of sulfonamides is 1. The van der Waals surface area contributed by atoms with Gasteiger partial charge in [-0.3, -0.25) is 9.52 Å². The zero-order chi connectivity index (χ0) is 20.1. The lowest BCUT2D eigenvalue weighted by molar-refractivity contribution is -0.121. The van der Waals surface area contributed by atoms with Gasteiger partial charge in [-0.25, -0.2) is 13.4 Å². The number of carbonyl (C=O) groups is 1. The molecule has 28 heavy (non-hydrogen) atoms. The average molecular weight is 418 g/mol. The first-order chi connectivity index (χ1) is 13.3. The normalized spacial score (nSPS) is 12.6. The molecule has 2 N–H and O–H groups in total. The lowest BCUT2D eigenvalue weighted by atomic mass is 10.1. The largest absolute Gasteiger partial charge is 0.350 e. The summed E-state index contributed by atoms with van der Waals surface area (Å²) in [6.07, 6.45) is 2.96. The van der Waals surface area contributed by atoms with E-state index in [2.05, 4.69) is 15.0 Å². The maximum atomic E-state index is 12.3. The third-order valence-corrected chi connectivity index (χ3v) is 5.92. The number of hydrogen-bond acceptors (Lipinski definition) is 5. The number of hydrogen-bond donors (Lipinski definition) is 2. The first kappa shape index (κ1) is 20.3. The number of aromatic nitrogens is 1. The molecule has 1 unspecified atom stereocenters. The van der Waals surface area contributed by atoms with Gasteiger partial charge < -0.3 is 5.32 Å². The van der Waals surface area contributed by atoms with Crippen LogP contribution in [0.1, 0.15) is 36.4 Å². The number of nitrogens with one attached hydrogen (secondary N) is 2. The van der Waals surface area contributed by atoms with Gasteiger partial charge in [0, 0.05) is 6.42 Å². The zero-order valence-corrected chi connectivity index (χ0v) is 17.4. The number of aryl methyl sites for hydroxylation is 1. The van der Waals surface area contributed by atoms with Crippen molar-refractivity contribution in [2.75, 3.05) is 11.0 Å². The third kappa shape index (κ3) is 5.53. The molecule has 3 rings (SSSR count). The number of nitrogens with zero attached hydrogens (tertiary/aromatic N) is 1. The molecule has 1 aromatic heterocycles. The van der Waals surface area contributed by atoms with E-state index in [0.29, 0.717) is 18.5 Å². The molecule has 3 aromatic rings. The van der Waals surface area contributed by atoms with Crippen LogP contribution in [0.5, 0.6) is 0 Å². The van der Waals surface area contributed by atoms with Gasteiger partial charge in [0.2, 0.25) is 15.9 Å². The number of benzene rings is 2. The molecule has 0 bridgehead atoms. The Kier molecular flexibility index (Phi) is 6.31. The Morgan fingerprint density at radius 1 is 1.14 bits per heavy atom. The molecule has 148 valence electrons. The van der Waals surface area contributed by atoms with E-state index >= 15 is 0 Å². The summed E-state index contributed by atoms with van der Waals surface area (Å²) in [5.41, 5.74) is 2.20. The summed E-state index contributed by atoms with van der Waals surface area (Å²) in [5, 5.41) is 3.98. The summed E-state index contributed by atoms with van der Waals surface area (Å²) in [6, 6.07) is 14.8. The number of rotatable bonds is 8. The van der Waals surface area contributed by atoms with E-state index in [9.17, 15) is 13.2 Å². The van der Waals surface area contributed by atoms with E-state index in [1.165, 1.54) is 0 Å². The molecule has 1 heterocycles. The predicted molar refractivity (Wildman–Crippen MR) is 114 cm³/mol. The highest BCUT2D eigenvalue weighted by atomic mass is 32.2. The number of anilines is 1. The second-order valence-electron chi connectivity index (χ2n) is 6.68. The van der Waals surface area contributed by atoms with Gasteiger partial charge in [-0.2, -0.15) is 0 Å². The standard InChI is InChI=1S/C20H23N3O3S2/c1-14(15-8-3-4-9-16(15)23-28(2,25)26)21-19(24)12-7-13-20-22-17-10-5-6-11-18(17)27-20/h3-6,8-11,14,23H,7,12-13H2,1-2H3,(H,21,24). The van der Waals surface area contributed by atoms with E-state index in [1.807, 2.05) is 37.3 Å². The van der Waals surface area contributed by atoms with Crippen LogP contribution in [0.15, 0.2) is 48.5 Å². The van der Waals surface area contributed by atoms with Crippen molar-refractivity contribution in [1.29, 1.82) is 0 Å². The first-order valence-electron chi connectivity index (χ1n) is 9.02. The van der Waals surface area contributed by atoms with Gasteiger partial charge in [0.1, 0.15) is 0 Å². The Morgan fingerprint density at radius 3 is 2.61 bits per heavy atom. The molecule has 1 amide bonds. The van der Waals surface area contributed by atoms with Crippen molar-refractivity contribution in [1.82, 2.24) is 10.3 Å². The van der Waals surface area contributed by atoms with E-state index in [0.717, 1.165) is 33.5 Å². The summed E-state index contributed by atoms with van der Waals surface area (Å²) in [5.74, 6) is -0.0669. The molecule has 2 aromatic carbocycles. The number of fused-ring (bicyclic) bond motifs is 1. The summed E-state index contributed by atoms with van der Waals surface area (Å²) < 4.78 is 26.7. The molecule has 0 aliphatic carbocycles. The maximum absolute atomic E-state index is 12.3. The minimum absolute atomic E-state index is 0.0669. The SMILES string of the molecule is CC(NC(=O)CCCc1nc2ccccc2s1)c1ccccc1NS(C)(=O)=O. The minimum atomic E-state index is -3.39. The van der Waals surface area contributed by atoms with Crippen LogP contribution in [0.25, 0.3) is 10.2 Å². The highest BCUT2D eigenvalue weighted by molar-refractivity contribution is 7.92. The van der Waals surface area contributed by atoms with Gasteiger partial charge in [-0.15, -0.1) is 11.3 Å². The predicted octanol–water partition coefficient (Wildman–Crippen LogP) is 3.87. The van der Waals surface area contributed by atoms with Gasteiger partial charge in [0.15, 0.2) is 0 Å². The monoisotopic (exact) mass is 417 g/mol. The number of amides is 1. The molecule has 0 saturated heterocycles. The fraction of sp³-hybridized carbons (Fsp3) is 0.300. The highest BCUT2D eigenvalue weighted by Gasteiger charge is 2.15. The lowest BCUT2D eigenvalue weighted by Gasteiger charge is -2.18. The Morgan fingerprint density at radius 2 is 1.86 bits per heavy atom. The number of carbonyl (C=O) groups excluding carboxylic acids is 1. The molecule has 0 spiro atoms. The van der Waals surface area contributed by atoms with Gasteiger partial charge in [0.05, 0.1) is 33.2 Å². The summed E-state index contributed by atoms with van der Waals surface area (Å²) >= 11 is 1.66. The lowest BCUT2D eigenvalue weighted by Crippen LogP contribution is -2.27. The van der Waals surface area contributed by atoms with Gasteiger partial charge in [-0.1, -0.05) is 30.3 Å². The zero-order valence-electron chi connectivity index (χ0n) is 15.8. The van der Waals surface area contributed by atoms with Gasteiger partial charge in [-0.05, 0) is 43.5 Å². The van der Waals surface area contributed by atoms with E-state index in [4.69, 9.17) is 0 Å². The Hall–Kier alpha value is -2.45. The Balaban J connectivity index is 1.54. The number of para-hydroxylation sites is 2. The van der Waals surface area contributed by atoms with E-state index < -0.39 is 10.0 Å². The van der Waals surface area contributed by atoms with Crippen LogP contribution in [-0.2, 0) is 21.2 Å². The van der Waals surface area contributed by atoms with Crippen molar-refractivity contribution in [3.05, 3.63) is 59.1 Å². The van der Waals surface area contributed by atoms with Crippen LogP contribution >= 0.6 is 11.3 Å². The Labute approximate surface area is 169 Å². The van der Waals surface area contributed by atoms with E-state index in [1.54, 1.807) is 29.5 Å². The fourth-order valence-corrected chi connectivity index (χ4v) is 4.58. The average Bonchev–Trinajstić information content (AvgIpc) is 3.03.